The second kappa shape index (κ2) is 7.97. The number of likely N-dealkylation sites (N-methyl/N-ethyl adjacent to an activating group) is 1. The molecule has 0 unspecified atom stereocenters. The Bertz CT molecular complexity index is 462. The number of anilines is 1. The summed E-state index contributed by atoms with van der Waals surface area (Å²) in [7, 11) is 1.30. The third-order valence-electron chi connectivity index (χ3n) is 3.02. The minimum Gasteiger partial charge on any atom is -0.490 e. The van der Waals surface area contributed by atoms with E-state index >= 15 is 0 Å². The second-order valence-corrected chi connectivity index (χ2v) is 4.65. The van der Waals surface area contributed by atoms with E-state index in [9.17, 15) is 4.79 Å². The molecule has 1 rings (SSSR count). The summed E-state index contributed by atoms with van der Waals surface area (Å²) in [6, 6.07) is 3.06. The first-order chi connectivity index (χ1) is 9.53. The summed E-state index contributed by atoms with van der Waals surface area (Å²) in [6.45, 7) is 7.25. The second-order valence-electron chi connectivity index (χ2n) is 4.25. The number of halogens is 1. The van der Waals surface area contributed by atoms with E-state index in [2.05, 4.69) is 18.7 Å². The Labute approximate surface area is 124 Å². The van der Waals surface area contributed by atoms with Crippen LogP contribution in [0.2, 0.25) is 5.02 Å². The fourth-order valence-corrected chi connectivity index (χ4v) is 2.12. The Morgan fingerprint density at radius 3 is 2.55 bits per heavy atom. The van der Waals surface area contributed by atoms with Crippen molar-refractivity contribution in [2.75, 3.05) is 39.1 Å². The Balaban J connectivity index is 2.85. The van der Waals surface area contributed by atoms with Crippen LogP contribution in [-0.2, 0) is 4.74 Å². The fraction of sp³-hybridized carbons (Fsp3) is 0.500. The summed E-state index contributed by atoms with van der Waals surface area (Å²) in [4.78, 5) is 13.9. The van der Waals surface area contributed by atoms with Crippen LogP contribution < -0.4 is 10.5 Å². The van der Waals surface area contributed by atoms with Crippen LogP contribution in [0.3, 0.4) is 0 Å². The number of nitrogens with zero attached hydrogens (tertiary/aromatic N) is 1. The van der Waals surface area contributed by atoms with E-state index in [4.69, 9.17) is 26.8 Å². The van der Waals surface area contributed by atoms with Crippen LogP contribution in [0, 0.1) is 0 Å². The summed E-state index contributed by atoms with van der Waals surface area (Å²) < 4.78 is 10.4. The van der Waals surface area contributed by atoms with Gasteiger partial charge in [0.15, 0.2) is 5.75 Å². The average molecular weight is 301 g/mol. The van der Waals surface area contributed by atoms with Crippen LogP contribution in [0.25, 0.3) is 0 Å². The molecule has 0 aromatic heterocycles. The molecular weight excluding hydrogens is 280 g/mol. The molecule has 0 aliphatic carbocycles. The van der Waals surface area contributed by atoms with Crippen molar-refractivity contribution in [3.05, 3.63) is 22.7 Å². The lowest BCUT2D eigenvalue weighted by atomic mass is 10.2. The lowest BCUT2D eigenvalue weighted by molar-refractivity contribution is 0.0595. The molecule has 0 atom stereocenters. The van der Waals surface area contributed by atoms with Crippen LogP contribution in [0.15, 0.2) is 12.1 Å². The molecule has 6 heteroatoms. The molecule has 0 saturated carbocycles. The quantitative estimate of drug-likeness (QED) is 0.619. The Morgan fingerprint density at radius 2 is 2.00 bits per heavy atom. The maximum absolute atomic E-state index is 11.7. The number of carbonyl (C=O) groups excluding carboxylic acids is 1. The summed E-state index contributed by atoms with van der Waals surface area (Å²) in [5.74, 6) is -0.197. The first-order valence-corrected chi connectivity index (χ1v) is 6.93. The molecule has 0 bridgehead atoms. The van der Waals surface area contributed by atoms with Gasteiger partial charge in [-0.05, 0) is 25.2 Å². The van der Waals surface area contributed by atoms with Crippen molar-refractivity contribution in [2.24, 2.45) is 0 Å². The molecule has 112 valence electrons. The molecule has 0 radical (unpaired) electrons. The van der Waals surface area contributed by atoms with Crippen molar-refractivity contribution in [3.8, 4) is 5.75 Å². The van der Waals surface area contributed by atoms with E-state index in [0.29, 0.717) is 23.1 Å². The number of nitrogens with two attached hydrogens (primary N) is 1. The van der Waals surface area contributed by atoms with Gasteiger partial charge < -0.3 is 20.1 Å². The highest BCUT2D eigenvalue weighted by atomic mass is 35.5. The van der Waals surface area contributed by atoms with Gasteiger partial charge in [0, 0.05) is 12.2 Å². The third-order valence-corrected chi connectivity index (χ3v) is 3.30. The van der Waals surface area contributed by atoms with Crippen LogP contribution in [0.1, 0.15) is 24.2 Å². The summed E-state index contributed by atoms with van der Waals surface area (Å²) in [5.41, 5.74) is 6.33. The Hall–Kier alpha value is -1.46. The Kier molecular flexibility index (Phi) is 6.61. The third kappa shape index (κ3) is 4.28. The molecule has 20 heavy (non-hydrogen) atoms. The minimum atomic E-state index is -0.517. The van der Waals surface area contributed by atoms with E-state index in [1.54, 1.807) is 6.07 Å². The van der Waals surface area contributed by atoms with Gasteiger partial charge in [-0.25, -0.2) is 4.79 Å². The van der Waals surface area contributed by atoms with Crippen molar-refractivity contribution in [1.29, 1.82) is 0 Å². The van der Waals surface area contributed by atoms with Gasteiger partial charge in [-0.3, -0.25) is 0 Å². The van der Waals surface area contributed by atoms with Crippen molar-refractivity contribution in [3.63, 3.8) is 0 Å². The summed E-state index contributed by atoms with van der Waals surface area (Å²) >= 11 is 6.09. The zero-order chi connectivity index (χ0) is 15.1. The van der Waals surface area contributed by atoms with Crippen molar-refractivity contribution >= 4 is 23.3 Å². The number of esters is 1. The van der Waals surface area contributed by atoms with Crippen LogP contribution in [0.4, 0.5) is 5.69 Å². The number of ether oxygens (including phenoxy) is 2. The fourth-order valence-electron chi connectivity index (χ4n) is 1.84. The monoisotopic (exact) mass is 300 g/mol. The standard InChI is InChI=1S/C14H21ClN2O3/c1-4-17(5-2)6-7-20-13-11(14(18)19-3)8-10(16)9-12(13)15/h8-9H,4-7,16H2,1-3H3. The van der Waals surface area contributed by atoms with Gasteiger partial charge >= 0.3 is 5.97 Å². The van der Waals surface area contributed by atoms with Crippen LogP contribution >= 0.6 is 11.6 Å². The van der Waals surface area contributed by atoms with E-state index in [1.807, 2.05) is 0 Å². The SMILES string of the molecule is CCN(CC)CCOc1c(Cl)cc(N)cc1C(=O)OC. The van der Waals surface area contributed by atoms with Gasteiger partial charge in [0.05, 0.1) is 12.1 Å². The Morgan fingerprint density at radius 1 is 1.35 bits per heavy atom. The first kappa shape index (κ1) is 16.6. The normalized spacial score (nSPS) is 10.7. The molecule has 2 N–H and O–H groups in total. The molecule has 5 nitrogen and oxygen atoms in total. The van der Waals surface area contributed by atoms with Crippen molar-refractivity contribution < 1.29 is 14.3 Å². The molecule has 0 spiro atoms. The molecule has 0 heterocycles. The minimum absolute atomic E-state index is 0.247. The maximum Gasteiger partial charge on any atom is 0.341 e. The van der Waals surface area contributed by atoms with Crippen LogP contribution in [0.5, 0.6) is 5.75 Å². The number of carbonyl (C=O) groups is 1. The van der Waals surface area contributed by atoms with E-state index in [-0.39, 0.29) is 5.56 Å². The number of hydrogen-bond acceptors (Lipinski definition) is 5. The topological polar surface area (TPSA) is 64.8 Å². The van der Waals surface area contributed by atoms with Crippen molar-refractivity contribution in [1.82, 2.24) is 4.90 Å². The molecule has 0 fully saturated rings. The predicted octanol–water partition coefficient (Wildman–Crippen LogP) is 2.43. The smallest absolute Gasteiger partial charge is 0.341 e. The maximum atomic E-state index is 11.7. The van der Waals surface area contributed by atoms with Gasteiger partial charge in [-0.1, -0.05) is 25.4 Å². The first-order valence-electron chi connectivity index (χ1n) is 6.55. The molecule has 0 amide bonds. The number of rotatable bonds is 7. The van der Waals surface area contributed by atoms with Gasteiger partial charge in [0.1, 0.15) is 12.2 Å². The van der Waals surface area contributed by atoms with E-state index in [0.717, 1.165) is 19.6 Å². The van der Waals surface area contributed by atoms with Gasteiger partial charge in [-0.2, -0.15) is 0 Å². The molecule has 0 aliphatic rings. The van der Waals surface area contributed by atoms with E-state index in [1.165, 1.54) is 13.2 Å². The highest BCUT2D eigenvalue weighted by molar-refractivity contribution is 6.33. The predicted molar refractivity (Wildman–Crippen MR) is 80.5 cm³/mol. The number of methoxy groups -OCH3 is 1. The molecule has 1 aromatic rings. The lowest BCUT2D eigenvalue weighted by Crippen LogP contribution is -2.28. The highest BCUT2D eigenvalue weighted by Gasteiger charge is 2.17. The highest BCUT2D eigenvalue weighted by Crippen LogP contribution is 2.32. The zero-order valence-electron chi connectivity index (χ0n) is 12.1. The summed E-state index contributed by atoms with van der Waals surface area (Å²) in [5, 5.41) is 0.310. The molecule has 0 saturated heterocycles. The van der Waals surface area contributed by atoms with E-state index < -0.39 is 5.97 Å². The largest absolute Gasteiger partial charge is 0.490 e. The number of hydrogen-bond donors (Lipinski definition) is 1. The average Bonchev–Trinajstić information content (AvgIpc) is 2.44. The van der Waals surface area contributed by atoms with Crippen LogP contribution in [-0.4, -0.2) is 44.2 Å². The zero-order valence-corrected chi connectivity index (χ0v) is 12.9. The van der Waals surface area contributed by atoms with Gasteiger partial charge in [0.25, 0.3) is 0 Å². The summed E-state index contributed by atoms with van der Waals surface area (Å²) in [6.07, 6.45) is 0. The van der Waals surface area contributed by atoms with Gasteiger partial charge in [-0.15, -0.1) is 0 Å². The number of benzene rings is 1. The molecule has 0 aliphatic heterocycles. The lowest BCUT2D eigenvalue weighted by Gasteiger charge is -2.19. The van der Waals surface area contributed by atoms with Crippen molar-refractivity contribution in [2.45, 2.75) is 13.8 Å². The molecule has 1 aromatic carbocycles. The van der Waals surface area contributed by atoms with Gasteiger partial charge in [0.2, 0.25) is 0 Å². The number of nitrogen functional groups attached to an aromatic ring is 1. The molecular formula is C14H21ClN2O3.